The second-order valence-electron chi connectivity index (χ2n) is 7.92. The van der Waals surface area contributed by atoms with Gasteiger partial charge in [-0.05, 0) is 35.7 Å². The Labute approximate surface area is 204 Å². The molecule has 4 amide bonds. The van der Waals surface area contributed by atoms with Crippen molar-refractivity contribution in [2.75, 3.05) is 38.1 Å². The first-order chi connectivity index (χ1) is 16.4. The fourth-order valence-electron chi connectivity index (χ4n) is 3.68. The van der Waals surface area contributed by atoms with Gasteiger partial charge in [-0.15, -0.1) is 0 Å². The third-order valence-corrected chi connectivity index (χ3v) is 6.04. The van der Waals surface area contributed by atoms with E-state index in [0.717, 1.165) is 17.5 Å². The van der Waals surface area contributed by atoms with Crippen LogP contribution in [0.5, 0.6) is 0 Å². The Balaban J connectivity index is 1.61. The number of nitrogens with zero attached hydrogens (tertiary/aromatic N) is 2. The monoisotopic (exact) mass is 487 g/mol. The number of carbonyl (C=O) groups excluding carboxylic acids is 3. The van der Waals surface area contributed by atoms with Crippen LogP contribution in [0.4, 0.5) is 15.3 Å². The fraction of sp³-hybridized carbons (Fsp3) is 0.375. The average molecular weight is 488 g/mol. The number of piperazine rings is 1. The van der Waals surface area contributed by atoms with Crippen molar-refractivity contribution in [3.8, 4) is 0 Å². The van der Waals surface area contributed by atoms with Crippen LogP contribution in [-0.2, 0) is 22.5 Å². The number of rotatable bonds is 7. The molecule has 0 bridgehead atoms. The van der Waals surface area contributed by atoms with E-state index < -0.39 is 12.1 Å². The van der Waals surface area contributed by atoms with Gasteiger partial charge < -0.3 is 25.6 Å². The number of nitrogens with two attached hydrogens (primary N) is 1. The first-order valence-electron chi connectivity index (χ1n) is 11.2. The van der Waals surface area contributed by atoms with Crippen LogP contribution in [0.15, 0.2) is 48.5 Å². The second kappa shape index (κ2) is 12.2. The highest BCUT2D eigenvalue weighted by Gasteiger charge is 2.33. The summed E-state index contributed by atoms with van der Waals surface area (Å²) in [6.45, 7) is 2.95. The summed E-state index contributed by atoms with van der Waals surface area (Å²) < 4.78 is 5.40. The van der Waals surface area contributed by atoms with Crippen LogP contribution in [0.2, 0.25) is 5.02 Å². The lowest BCUT2D eigenvalue weighted by Crippen LogP contribution is -2.60. The molecule has 4 N–H and O–H groups in total. The number of urea groups is 1. The maximum absolute atomic E-state index is 12.9. The Hall–Kier alpha value is -3.30. The maximum atomic E-state index is 12.9. The van der Waals surface area contributed by atoms with Crippen molar-refractivity contribution in [1.82, 2.24) is 15.1 Å². The largest absolute Gasteiger partial charge is 0.447 e. The van der Waals surface area contributed by atoms with Crippen LogP contribution in [0, 0.1) is 0 Å². The highest BCUT2D eigenvalue weighted by Crippen LogP contribution is 2.16. The number of halogens is 1. The smallest absolute Gasteiger partial charge is 0.411 e. The first kappa shape index (κ1) is 25.3. The number of carbonyl (C=O) groups is 3. The van der Waals surface area contributed by atoms with Gasteiger partial charge in [0.05, 0.1) is 12.6 Å². The zero-order chi connectivity index (χ0) is 24.5. The molecule has 0 aliphatic carbocycles. The van der Waals surface area contributed by atoms with Crippen molar-refractivity contribution in [2.24, 2.45) is 5.73 Å². The molecule has 1 heterocycles. The molecule has 1 aliphatic rings. The van der Waals surface area contributed by atoms with Gasteiger partial charge in [0.15, 0.2) is 0 Å². The summed E-state index contributed by atoms with van der Waals surface area (Å²) in [7, 11) is 0. The standard InChI is InChI=1S/C24H30ClN5O4/c1-2-17-7-9-19(10-8-17)28-24(33)34-16-20-15-29(22(31)13-26)11-12-30(20)23(32)27-14-18-5-3-4-6-21(18)25/h3-10,20H,2,11-16,26H2,1H3,(H,27,32)(H,28,33). The van der Waals surface area contributed by atoms with E-state index >= 15 is 0 Å². The van der Waals surface area contributed by atoms with Gasteiger partial charge in [-0.2, -0.15) is 0 Å². The number of benzene rings is 2. The number of anilines is 1. The quantitative estimate of drug-likeness (QED) is 0.555. The molecule has 2 aromatic carbocycles. The molecule has 1 aliphatic heterocycles. The molecule has 182 valence electrons. The Morgan fingerprint density at radius 3 is 2.53 bits per heavy atom. The topological polar surface area (TPSA) is 117 Å². The number of ether oxygens (including phenoxy) is 1. The van der Waals surface area contributed by atoms with Gasteiger partial charge in [-0.1, -0.05) is 48.9 Å². The normalized spacial score (nSPS) is 15.6. The fourth-order valence-corrected chi connectivity index (χ4v) is 3.89. The van der Waals surface area contributed by atoms with Crippen molar-refractivity contribution in [3.63, 3.8) is 0 Å². The van der Waals surface area contributed by atoms with Crippen molar-refractivity contribution in [3.05, 3.63) is 64.7 Å². The molecule has 1 saturated heterocycles. The molecule has 0 radical (unpaired) electrons. The van der Waals surface area contributed by atoms with E-state index in [1.54, 1.807) is 28.0 Å². The summed E-state index contributed by atoms with van der Waals surface area (Å²) in [4.78, 5) is 40.5. The molecule has 0 aromatic heterocycles. The Morgan fingerprint density at radius 1 is 1.12 bits per heavy atom. The summed E-state index contributed by atoms with van der Waals surface area (Å²) >= 11 is 6.17. The average Bonchev–Trinajstić information content (AvgIpc) is 2.86. The molecule has 34 heavy (non-hydrogen) atoms. The summed E-state index contributed by atoms with van der Waals surface area (Å²) in [6, 6.07) is 13.9. The van der Waals surface area contributed by atoms with Crippen molar-refractivity contribution in [2.45, 2.75) is 25.9 Å². The Kier molecular flexibility index (Phi) is 9.12. The summed E-state index contributed by atoms with van der Waals surface area (Å²) in [6.07, 6.45) is 0.265. The van der Waals surface area contributed by atoms with Gasteiger partial charge in [0.25, 0.3) is 0 Å². The molecular formula is C24H30ClN5O4. The molecule has 0 saturated carbocycles. The second-order valence-corrected chi connectivity index (χ2v) is 8.32. The van der Waals surface area contributed by atoms with Gasteiger partial charge in [0.2, 0.25) is 5.91 Å². The minimum Gasteiger partial charge on any atom is -0.447 e. The van der Waals surface area contributed by atoms with E-state index in [4.69, 9.17) is 22.1 Å². The van der Waals surface area contributed by atoms with E-state index in [1.807, 2.05) is 30.3 Å². The Bertz CT molecular complexity index is 1000. The molecule has 1 fully saturated rings. The van der Waals surface area contributed by atoms with Crippen molar-refractivity contribution >= 4 is 35.3 Å². The van der Waals surface area contributed by atoms with Crippen LogP contribution in [0.3, 0.4) is 0 Å². The number of hydrogen-bond donors (Lipinski definition) is 3. The number of amides is 4. The van der Waals surface area contributed by atoms with Crippen LogP contribution in [-0.4, -0.2) is 66.7 Å². The summed E-state index contributed by atoms with van der Waals surface area (Å²) in [5.74, 6) is -0.221. The van der Waals surface area contributed by atoms with Crippen molar-refractivity contribution in [1.29, 1.82) is 0 Å². The van der Waals surface area contributed by atoms with Gasteiger partial charge >= 0.3 is 12.1 Å². The Morgan fingerprint density at radius 2 is 1.85 bits per heavy atom. The maximum Gasteiger partial charge on any atom is 0.411 e. The van der Waals surface area contributed by atoms with E-state index in [0.29, 0.717) is 17.3 Å². The highest BCUT2D eigenvalue weighted by atomic mass is 35.5. The lowest BCUT2D eigenvalue weighted by molar-refractivity contribution is -0.132. The van der Waals surface area contributed by atoms with Crippen LogP contribution in [0.1, 0.15) is 18.1 Å². The van der Waals surface area contributed by atoms with Crippen molar-refractivity contribution < 1.29 is 19.1 Å². The zero-order valence-corrected chi connectivity index (χ0v) is 19.9. The predicted octanol–water partition coefficient (Wildman–Crippen LogP) is 2.83. The van der Waals surface area contributed by atoms with Crippen LogP contribution < -0.4 is 16.4 Å². The van der Waals surface area contributed by atoms with Gasteiger partial charge in [0, 0.05) is 36.9 Å². The van der Waals surface area contributed by atoms with Gasteiger partial charge in [-0.25, -0.2) is 9.59 Å². The molecule has 1 unspecified atom stereocenters. The molecule has 10 heteroatoms. The molecular weight excluding hydrogens is 458 g/mol. The first-order valence-corrected chi connectivity index (χ1v) is 11.6. The van der Waals surface area contributed by atoms with E-state index in [-0.39, 0.29) is 44.7 Å². The molecule has 9 nitrogen and oxygen atoms in total. The lowest BCUT2D eigenvalue weighted by Gasteiger charge is -2.40. The lowest BCUT2D eigenvalue weighted by atomic mass is 10.1. The minimum absolute atomic E-state index is 0.0766. The highest BCUT2D eigenvalue weighted by molar-refractivity contribution is 6.31. The number of nitrogens with one attached hydrogen (secondary N) is 2. The van der Waals surface area contributed by atoms with Crippen LogP contribution >= 0.6 is 11.6 Å². The predicted molar refractivity (Wildman–Crippen MR) is 131 cm³/mol. The van der Waals surface area contributed by atoms with Crippen LogP contribution in [0.25, 0.3) is 0 Å². The SMILES string of the molecule is CCc1ccc(NC(=O)OCC2CN(C(=O)CN)CCN2C(=O)NCc2ccccc2Cl)cc1. The van der Waals surface area contributed by atoms with Gasteiger partial charge in [0.1, 0.15) is 6.61 Å². The molecule has 2 aromatic rings. The summed E-state index contributed by atoms with van der Waals surface area (Å²) in [5, 5.41) is 6.09. The van der Waals surface area contributed by atoms with E-state index in [9.17, 15) is 14.4 Å². The van der Waals surface area contributed by atoms with E-state index in [2.05, 4.69) is 17.6 Å². The molecule has 3 rings (SSSR count). The van der Waals surface area contributed by atoms with Gasteiger partial charge in [-0.3, -0.25) is 10.1 Å². The number of aryl methyl sites for hydroxylation is 1. The third kappa shape index (κ3) is 6.85. The zero-order valence-electron chi connectivity index (χ0n) is 19.1. The number of hydrogen-bond acceptors (Lipinski definition) is 5. The third-order valence-electron chi connectivity index (χ3n) is 5.67. The minimum atomic E-state index is -0.636. The van der Waals surface area contributed by atoms with E-state index in [1.165, 1.54) is 0 Å². The molecule has 0 spiro atoms. The summed E-state index contributed by atoms with van der Waals surface area (Å²) in [5.41, 5.74) is 8.06. The molecule has 1 atom stereocenters.